The van der Waals surface area contributed by atoms with Crippen LogP contribution in [0.5, 0.6) is 0 Å². The first-order valence-corrected chi connectivity index (χ1v) is 10.8. The average molecular weight is 397 g/mol. The molecule has 2 N–H and O–H groups in total. The Hall–Kier alpha value is -1.97. The van der Waals surface area contributed by atoms with E-state index in [1.807, 2.05) is 0 Å². The first-order chi connectivity index (χ1) is 12.8. The lowest BCUT2D eigenvalue weighted by Crippen LogP contribution is -2.43. The number of carbonyl (C=O) groups is 2. The molecule has 1 fully saturated rings. The van der Waals surface area contributed by atoms with Gasteiger partial charge in [0.15, 0.2) is 0 Å². The third-order valence-corrected chi connectivity index (χ3v) is 5.73. The lowest BCUT2D eigenvalue weighted by Gasteiger charge is -2.30. The molecule has 2 rings (SSSR count). The van der Waals surface area contributed by atoms with Crippen LogP contribution in [-0.4, -0.2) is 64.1 Å². The predicted octanol–water partition coefficient (Wildman–Crippen LogP) is 1.06. The summed E-state index contributed by atoms with van der Waals surface area (Å²) in [6.07, 6.45) is 3.09. The molecule has 9 heteroatoms. The van der Waals surface area contributed by atoms with Crippen molar-refractivity contribution in [2.75, 3.05) is 44.9 Å². The van der Waals surface area contributed by atoms with Crippen LogP contribution in [0.25, 0.3) is 0 Å². The molecule has 0 bridgehead atoms. The van der Waals surface area contributed by atoms with E-state index in [1.165, 1.54) is 4.31 Å². The van der Waals surface area contributed by atoms with Gasteiger partial charge in [0.2, 0.25) is 15.9 Å². The number of ether oxygens (including phenoxy) is 1. The van der Waals surface area contributed by atoms with Gasteiger partial charge in [0.1, 0.15) is 0 Å². The fraction of sp³-hybridized carbons (Fsp3) is 0.556. The Balaban J connectivity index is 2.02. The maximum Gasteiger partial charge on any atom is 0.253 e. The summed E-state index contributed by atoms with van der Waals surface area (Å²) in [7, 11) is -1.72. The molecule has 27 heavy (non-hydrogen) atoms. The van der Waals surface area contributed by atoms with E-state index >= 15 is 0 Å². The Labute approximate surface area is 160 Å². The van der Waals surface area contributed by atoms with Gasteiger partial charge < -0.3 is 15.4 Å². The summed E-state index contributed by atoms with van der Waals surface area (Å²) in [6, 6.07) is 6.77. The highest BCUT2D eigenvalue weighted by molar-refractivity contribution is 7.88. The quantitative estimate of drug-likeness (QED) is 0.638. The zero-order valence-electron chi connectivity index (χ0n) is 15.7. The summed E-state index contributed by atoms with van der Waals surface area (Å²) < 4.78 is 29.7. The van der Waals surface area contributed by atoms with E-state index in [-0.39, 0.29) is 18.4 Å². The third kappa shape index (κ3) is 6.30. The maximum atomic E-state index is 12.6. The SMILES string of the molecule is COCCCNC(=O)c1ccccc1NC(=O)[C@H]1CCCN(S(C)(=O)=O)C1. The van der Waals surface area contributed by atoms with E-state index in [1.54, 1.807) is 31.4 Å². The number of amides is 2. The summed E-state index contributed by atoms with van der Waals surface area (Å²) in [5.74, 6) is -0.988. The van der Waals surface area contributed by atoms with Crippen molar-refractivity contribution in [3.8, 4) is 0 Å². The van der Waals surface area contributed by atoms with Gasteiger partial charge in [-0.05, 0) is 31.4 Å². The molecule has 1 aliphatic rings. The topological polar surface area (TPSA) is 105 Å². The van der Waals surface area contributed by atoms with Crippen LogP contribution in [0.15, 0.2) is 24.3 Å². The summed E-state index contributed by atoms with van der Waals surface area (Å²) >= 11 is 0. The number of para-hydroxylation sites is 1. The van der Waals surface area contributed by atoms with Crippen molar-refractivity contribution in [2.24, 2.45) is 5.92 Å². The smallest absolute Gasteiger partial charge is 0.253 e. The van der Waals surface area contributed by atoms with Crippen molar-refractivity contribution in [3.63, 3.8) is 0 Å². The van der Waals surface area contributed by atoms with Gasteiger partial charge in [0.25, 0.3) is 5.91 Å². The standard InChI is InChI=1S/C18H27N3O5S/c1-26-12-6-10-19-18(23)15-8-3-4-9-16(15)20-17(22)14-7-5-11-21(13-14)27(2,24)25/h3-4,8-9,14H,5-7,10-13H2,1-2H3,(H,19,23)(H,20,22)/t14-/m0/s1. The number of benzene rings is 1. The fourth-order valence-corrected chi connectivity index (χ4v) is 3.91. The van der Waals surface area contributed by atoms with E-state index in [2.05, 4.69) is 10.6 Å². The largest absolute Gasteiger partial charge is 0.385 e. The molecule has 0 saturated carbocycles. The second-order valence-corrected chi connectivity index (χ2v) is 8.58. The van der Waals surface area contributed by atoms with Crippen LogP contribution in [0, 0.1) is 5.92 Å². The third-order valence-electron chi connectivity index (χ3n) is 4.46. The normalized spacial score (nSPS) is 18.1. The first-order valence-electron chi connectivity index (χ1n) is 8.95. The molecule has 0 spiro atoms. The fourth-order valence-electron chi connectivity index (χ4n) is 3.00. The van der Waals surface area contributed by atoms with E-state index in [0.717, 1.165) is 6.26 Å². The molecule has 8 nitrogen and oxygen atoms in total. The Bertz CT molecular complexity index is 766. The number of methoxy groups -OCH3 is 1. The van der Waals surface area contributed by atoms with Crippen molar-refractivity contribution in [3.05, 3.63) is 29.8 Å². The van der Waals surface area contributed by atoms with Crippen molar-refractivity contribution >= 4 is 27.5 Å². The molecule has 1 aromatic carbocycles. The Morgan fingerprint density at radius 3 is 2.74 bits per heavy atom. The highest BCUT2D eigenvalue weighted by atomic mass is 32.2. The monoisotopic (exact) mass is 397 g/mol. The van der Waals surface area contributed by atoms with E-state index < -0.39 is 15.9 Å². The molecule has 0 radical (unpaired) electrons. The Morgan fingerprint density at radius 1 is 1.30 bits per heavy atom. The summed E-state index contributed by atoms with van der Waals surface area (Å²) in [6.45, 7) is 1.62. The molecule has 0 aliphatic carbocycles. The lowest BCUT2D eigenvalue weighted by molar-refractivity contribution is -0.120. The van der Waals surface area contributed by atoms with Crippen LogP contribution in [0.1, 0.15) is 29.6 Å². The summed E-state index contributed by atoms with van der Waals surface area (Å²) in [4.78, 5) is 25.0. The number of nitrogens with zero attached hydrogens (tertiary/aromatic N) is 1. The number of anilines is 1. The van der Waals surface area contributed by atoms with Crippen molar-refractivity contribution in [2.45, 2.75) is 19.3 Å². The van der Waals surface area contributed by atoms with Crippen LogP contribution in [0.2, 0.25) is 0 Å². The number of rotatable bonds is 8. The second kappa shape index (κ2) is 9.82. The van der Waals surface area contributed by atoms with E-state index in [0.29, 0.717) is 50.2 Å². The van der Waals surface area contributed by atoms with Gasteiger partial charge in [-0.3, -0.25) is 9.59 Å². The minimum Gasteiger partial charge on any atom is -0.385 e. The van der Waals surface area contributed by atoms with E-state index in [4.69, 9.17) is 4.74 Å². The molecule has 1 atom stereocenters. The first kappa shape index (κ1) is 21.3. The molecular weight excluding hydrogens is 370 g/mol. The van der Waals surface area contributed by atoms with Crippen molar-refractivity contribution in [1.82, 2.24) is 9.62 Å². The minimum absolute atomic E-state index is 0.163. The van der Waals surface area contributed by atoms with Gasteiger partial charge in [-0.2, -0.15) is 0 Å². The van der Waals surface area contributed by atoms with Gasteiger partial charge in [-0.25, -0.2) is 12.7 Å². The van der Waals surface area contributed by atoms with Gasteiger partial charge in [0, 0.05) is 33.4 Å². The van der Waals surface area contributed by atoms with E-state index in [9.17, 15) is 18.0 Å². The summed E-state index contributed by atoms with van der Waals surface area (Å²) in [5.41, 5.74) is 0.794. The van der Waals surface area contributed by atoms with Crippen LogP contribution in [-0.2, 0) is 19.6 Å². The maximum absolute atomic E-state index is 12.6. The number of piperidine rings is 1. The zero-order chi connectivity index (χ0) is 19.9. The summed E-state index contributed by atoms with van der Waals surface area (Å²) in [5, 5.41) is 5.58. The average Bonchev–Trinajstić information content (AvgIpc) is 2.65. The number of hydrogen-bond donors (Lipinski definition) is 2. The van der Waals surface area contributed by atoms with Crippen LogP contribution in [0.4, 0.5) is 5.69 Å². The molecule has 1 aliphatic heterocycles. The van der Waals surface area contributed by atoms with Gasteiger partial charge in [-0.1, -0.05) is 12.1 Å². The molecule has 1 heterocycles. The zero-order valence-corrected chi connectivity index (χ0v) is 16.5. The Kier molecular flexibility index (Phi) is 7.76. The minimum atomic E-state index is -3.32. The number of carbonyl (C=O) groups excluding carboxylic acids is 2. The van der Waals surface area contributed by atoms with Crippen molar-refractivity contribution < 1.29 is 22.7 Å². The van der Waals surface area contributed by atoms with Crippen LogP contribution in [0.3, 0.4) is 0 Å². The molecule has 150 valence electrons. The molecule has 1 aromatic rings. The van der Waals surface area contributed by atoms with Gasteiger partial charge in [-0.15, -0.1) is 0 Å². The van der Waals surface area contributed by atoms with Crippen LogP contribution < -0.4 is 10.6 Å². The molecular formula is C18H27N3O5S. The number of nitrogens with one attached hydrogen (secondary N) is 2. The highest BCUT2D eigenvalue weighted by Gasteiger charge is 2.30. The van der Waals surface area contributed by atoms with Crippen molar-refractivity contribution in [1.29, 1.82) is 0 Å². The highest BCUT2D eigenvalue weighted by Crippen LogP contribution is 2.22. The molecule has 1 saturated heterocycles. The molecule has 0 unspecified atom stereocenters. The molecule has 2 amide bonds. The molecule has 0 aromatic heterocycles. The lowest BCUT2D eigenvalue weighted by atomic mass is 9.98. The second-order valence-electron chi connectivity index (χ2n) is 6.60. The predicted molar refractivity (Wildman–Crippen MR) is 103 cm³/mol. The number of sulfonamides is 1. The Morgan fingerprint density at radius 2 is 2.04 bits per heavy atom. The van der Waals surface area contributed by atoms with Crippen LogP contribution >= 0.6 is 0 Å². The number of hydrogen-bond acceptors (Lipinski definition) is 5. The van der Waals surface area contributed by atoms with Gasteiger partial charge >= 0.3 is 0 Å². The van der Waals surface area contributed by atoms with Gasteiger partial charge in [0.05, 0.1) is 23.4 Å².